The maximum Gasteiger partial charge on any atom is 0.337 e. The van der Waals surface area contributed by atoms with E-state index in [1.807, 2.05) is 0 Å². The molecule has 1 saturated heterocycles. The Morgan fingerprint density at radius 2 is 2.19 bits per heavy atom. The largest absolute Gasteiger partial charge is 0.478 e. The summed E-state index contributed by atoms with van der Waals surface area (Å²) in [6.45, 7) is 2.94. The maximum atomic E-state index is 12.3. The molecule has 6 nitrogen and oxygen atoms in total. The van der Waals surface area contributed by atoms with Crippen LogP contribution in [0.2, 0.25) is 0 Å². The predicted octanol–water partition coefficient (Wildman–Crippen LogP) is 1.93. The summed E-state index contributed by atoms with van der Waals surface area (Å²) < 4.78 is 0. The topological polar surface area (TPSA) is 89.9 Å². The molecule has 2 rings (SSSR count). The molecule has 0 radical (unpaired) electrons. The van der Waals surface area contributed by atoms with Gasteiger partial charge in [0.15, 0.2) is 0 Å². The number of likely N-dealkylation sites (tertiary alicyclic amines) is 1. The van der Waals surface area contributed by atoms with Gasteiger partial charge in [-0.05, 0) is 37.3 Å². The third kappa shape index (κ3) is 3.52. The number of urea groups is 1. The lowest BCUT2D eigenvalue weighted by molar-refractivity contribution is 0.0698. The minimum absolute atomic E-state index is 0.0640. The summed E-state index contributed by atoms with van der Waals surface area (Å²) in [4.78, 5) is 25.2. The number of aromatic carboxylic acids is 1. The molecule has 1 atom stereocenters. The van der Waals surface area contributed by atoms with E-state index in [1.54, 1.807) is 24.0 Å². The molecular weight excluding hydrogens is 272 g/mol. The van der Waals surface area contributed by atoms with Crippen molar-refractivity contribution >= 4 is 17.7 Å². The zero-order valence-corrected chi connectivity index (χ0v) is 12.0. The van der Waals surface area contributed by atoms with E-state index in [0.717, 1.165) is 12.8 Å². The summed E-state index contributed by atoms with van der Waals surface area (Å²) in [5, 5.41) is 21.1. The summed E-state index contributed by atoms with van der Waals surface area (Å²) in [5.41, 5.74) is 1.12. The van der Waals surface area contributed by atoms with Gasteiger partial charge in [0.05, 0.1) is 11.3 Å². The first kappa shape index (κ1) is 15.3. The lowest BCUT2D eigenvalue weighted by atomic mass is 9.99. The van der Waals surface area contributed by atoms with Gasteiger partial charge >= 0.3 is 12.0 Å². The fourth-order valence-electron chi connectivity index (χ4n) is 2.60. The van der Waals surface area contributed by atoms with E-state index >= 15 is 0 Å². The van der Waals surface area contributed by atoms with Crippen molar-refractivity contribution in [3.8, 4) is 0 Å². The van der Waals surface area contributed by atoms with Gasteiger partial charge in [-0.2, -0.15) is 0 Å². The quantitative estimate of drug-likeness (QED) is 0.794. The van der Waals surface area contributed by atoms with Gasteiger partial charge in [-0.15, -0.1) is 0 Å². The first-order valence-electron chi connectivity index (χ1n) is 7.02. The standard InChI is InChI=1S/C15H20N2O4/c1-10-4-2-6-12(14(19)20)13(10)16-15(21)17-7-3-5-11(8-17)9-18/h2,4,6,11,18H,3,5,7-9H2,1H3,(H,16,21)(H,19,20). The van der Waals surface area contributed by atoms with E-state index in [-0.39, 0.29) is 24.1 Å². The highest BCUT2D eigenvalue weighted by molar-refractivity contribution is 6.01. The highest BCUT2D eigenvalue weighted by atomic mass is 16.4. The molecule has 3 N–H and O–H groups in total. The highest BCUT2D eigenvalue weighted by Gasteiger charge is 2.24. The van der Waals surface area contributed by atoms with Crippen LogP contribution in [0.5, 0.6) is 0 Å². The van der Waals surface area contributed by atoms with Crippen LogP contribution in [0.25, 0.3) is 0 Å². The van der Waals surface area contributed by atoms with Crippen LogP contribution in [0.4, 0.5) is 10.5 Å². The lowest BCUT2D eigenvalue weighted by Crippen LogP contribution is -2.43. The van der Waals surface area contributed by atoms with Crippen LogP contribution in [0, 0.1) is 12.8 Å². The van der Waals surface area contributed by atoms with Crippen LogP contribution in [0.15, 0.2) is 18.2 Å². The molecule has 1 aromatic carbocycles. The lowest BCUT2D eigenvalue weighted by Gasteiger charge is -2.32. The van der Waals surface area contributed by atoms with E-state index in [9.17, 15) is 19.8 Å². The SMILES string of the molecule is Cc1cccc(C(=O)O)c1NC(=O)N1CCCC(CO)C1. The van der Waals surface area contributed by atoms with Crippen molar-refractivity contribution in [3.63, 3.8) is 0 Å². The van der Waals surface area contributed by atoms with Gasteiger partial charge < -0.3 is 20.4 Å². The summed E-state index contributed by atoms with van der Waals surface area (Å²) in [6.07, 6.45) is 1.75. The van der Waals surface area contributed by atoms with Crippen LogP contribution in [-0.4, -0.2) is 46.8 Å². The predicted molar refractivity (Wildman–Crippen MR) is 78.5 cm³/mol. The van der Waals surface area contributed by atoms with E-state index in [4.69, 9.17) is 0 Å². The minimum atomic E-state index is -1.07. The number of hydrogen-bond donors (Lipinski definition) is 3. The number of aliphatic hydroxyl groups is 1. The van der Waals surface area contributed by atoms with E-state index < -0.39 is 5.97 Å². The molecule has 2 amide bonds. The molecule has 1 aliphatic rings. The van der Waals surface area contributed by atoms with Crippen LogP contribution in [0.1, 0.15) is 28.8 Å². The first-order valence-corrected chi connectivity index (χ1v) is 7.02. The van der Waals surface area contributed by atoms with Crippen molar-refractivity contribution < 1.29 is 19.8 Å². The molecule has 1 aromatic rings. The van der Waals surface area contributed by atoms with Gasteiger partial charge in [0.25, 0.3) is 0 Å². The number of nitrogens with one attached hydrogen (secondary N) is 1. The fourth-order valence-corrected chi connectivity index (χ4v) is 2.60. The second-order valence-corrected chi connectivity index (χ2v) is 5.37. The molecule has 6 heteroatoms. The highest BCUT2D eigenvalue weighted by Crippen LogP contribution is 2.22. The Hall–Kier alpha value is -2.08. The third-order valence-corrected chi connectivity index (χ3v) is 3.80. The number of piperidine rings is 1. The van der Waals surface area contributed by atoms with Crippen LogP contribution < -0.4 is 5.32 Å². The van der Waals surface area contributed by atoms with Crippen LogP contribution in [-0.2, 0) is 0 Å². The Bertz CT molecular complexity index is 544. The number of aryl methyl sites for hydroxylation is 1. The number of carboxylic acid groups (broad SMARTS) is 1. The molecule has 0 bridgehead atoms. The van der Waals surface area contributed by atoms with E-state index in [2.05, 4.69) is 5.32 Å². The zero-order valence-electron chi connectivity index (χ0n) is 12.0. The van der Waals surface area contributed by atoms with Crippen LogP contribution in [0.3, 0.4) is 0 Å². The number of hydrogen-bond acceptors (Lipinski definition) is 3. The number of anilines is 1. The molecule has 1 fully saturated rings. The number of benzene rings is 1. The van der Waals surface area contributed by atoms with Gasteiger partial charge in [-0.3, -0.25) is 0 Å². The Morgan fingerprint density at radius 1 is 1.43 bits per heavy atom. The average Bonchev–Trinajstić information content (AvgIpc) is 2.49. The molecule has 1 aliphatic heterocycles. The Balaban J connectivity index is 2.14. The molecule has 1 heterocycles. The smallest absolute Gasteiger partial charge is 0.337 e. The molecule has 114 valence electrons. The second kappa shape index (κ2) is 6.58. The molecule has 0 saturated carbocycles. The molecule has 0 spiro atoms. The fraction of sp³-hybridized carbons (Fsp3) is 0.467. The number of carbonyl (C=O) groups excluding carboxylic acids is 1. The number of nitrogens with zero attached hydrogens (tertiary/aromatic N) is 1. The van der Waals surface area contributed by atoms with Gasteiger partial charge in [-0.25, -0.2) is 9.59 Å². The molecule has 0 aromatic heterocycles. The Labute approximate surface area is 123 Å². The third-order valence-electron chi connectivity index (χ3n) is 3.80. The molecular formula is C15H20N2O4. The Kier molecular flexibility index (Phi) is 4.80. The van der Waals surface area contributed by atoms with Gasteiger partial charge in [-0.1, -0.05) is 12.1 Å². The maximum absolute atomic E-state index is 12.3. The first-order chi connectivity index (χ1) is 10.0. The monoisotopic (exact) mass is 292 g/mol. The van der Waals surface area contributed by atoms with Gasteiger partial charge in [0, 0.05) is 19.7 Å². The molecule has 0 aliphatic carbocycles. The van der Waals surface area contributed by atoms with Crippen molar-refractivity contribution in [1.82, 2.24) is 4.90 Å². The van der Waals surface area contributed by atoms with Crippen LogP contribution >= 0.6 is 0 Å². The van der Waals surface area contributed by atoms with Crippen molar-refractivity contribution in [2.24, 2.45) is 5.92 Å². The number of carbonyl (C=O) groups is 2. The van der Waals surface area contributed by atoms with Crippen molar-refractivity contribution in [3.05, 3.63) is 29.3 Å². The minimum Gasteiger partial charge on any atom is -0.478 e. The van der Waals surface area contributed by atoms with Crippen molar-refractivity contribution in [2.45, 2.75) is 19.8 Å². The summed E-state index contributed by atoms with van der Waals surface area (Å²) in [5.74, 6) is -0.971. The second-order valence-electron chi connectivity index (χ2n) is 5.37. The number of aliphatic hydroxyl groups excluding tert-OH is 1. The van der Waals surface area contributed by atoms with Gasteiger partial charge in [0.1, 0.15) is 0 Å². The zero-order chi connectivity index (χ0) is 15.4. The average molecular weight is 292 g/mol. The van der Waals surface area contributed by atoms with Crippen molar-refractivity contribution in [2.75, 3.05) is 25.0 Å². The number of para-hydroxylation sites is 1. The summed E-state index contributed by atoms with van der Waals surface area (Å²) in [7, 11) is 0. The van der Waals surface area contributed by atoms with Gasteiger partial charge in [0.2, 0.25) is 0 Å². The number of amides is 2. The summed E-state index contributed by atoms with van der Waals surface area (Å²) >= 11 is 0. The van der Waals surface area contributed by atoms with E-state index in [0.29, 0.717) is 24.3 Å². The molecule has 1 unspecified atom stereocenters. The number of rotatable bonds is 3. The molecule has 21 heavy (non-hydrogen) atoms. The Morgan fingerprint density at radius 3 is 2.86 bits per heavy atom. The number of carboxylic acids is 1. The van der Waals surface area contributed by atoms with E-state index in [1.165, 1.54) is 6.07 Å². The normalized spacial score (nSPS) is 18.4. The van der Waals surface area contributed by atoms with Crippen molar-refractivity contribution in [1.29, 1.82) is 0 Å². The summed E-state index contributed by atoms with van der Waals surface area (Å²) in [6, 6.07) is 4.56.